The van der Waals surface area contributed by atoms with Crippen molar-refractivity contribution in [3.8, 4) is 0 Å². The number of carbonyl (C=O) groups excluding carboxylic acids is 1. The number of hydrogen-bond acceptors (Lipinski definition) is 4. The summed E-state index contributed by atoms with van der Waals surface area (Å²) < 4.78 is 0. The number of piperidine rings is 1. The van der Waals surface area contributed by atoms with Gasteiger partial charge in [-0.25, -0.2) is 4.79 Å². The number of carbonyl (C=O) groups is 2. The Morgan fingerprint density at radius 3 is 2.86 bits per heavy atom. The van der Waals surface area contributed by atoms with Crippen molar-refractivity contribution in [1.29, 1.82) is 0 Å². The van der Waals surface area contributed by atoms with Gasteiger partial charge in [-0.3, -0.25) is 4.79 Å². The zero-order valence-electron chi connectivity index (χ0n) is 12.0. The fourth-order valence-electron chi connectivity index (χ4n) is 2.38. The minimum absolute atomic E-state index is 0.117. The van der Waals surface area contributed by atoms with E-state index in [2.05, 4.69) is 17.3 Å². The molecule has 2 rings (SSSR count). The van der Waals surface area contributed by atoms with Gasteiger partial charge in [-0.05, 0) is 62.0 Å². The van der Waals surface area contributed by atoms with Gasteiger partial charge in [0.15, 0.2) is 0 Å². The van der Waals surface area contributed by atoms with Crippen LogP contribution in [0.2, 0.25) is 0 Å². The van der Waals surface area contributed by atoms with Gasteiger partial charge >= 0.3 is 5.97 Å². The number of aliphatic carboxylic acids is 1. The molecule has 0 aromatic carbocycles. The number of likely N-dealkylation sites (tertiary alicyclic amines) is 1. The Morgan fingerprint density at radius 2 is 2.19 bits per heavy atom. The maximum atomic E-state index is 12.2. The van der Waals surface area contributed by atoms with Crippen molar-refractivity contribution in [3.05, 3.63) is 28.0 Å². The van der Waals surface area contributed by atoms with Crippen LogP contribution in [0.4, 0.5) is 0 Å². The molecule has 2 N–H and O–H groups in total. The molecule has 5 nitrogen and oxygen atoms in total. The van der Waals surface area contributed by atoms with Gasteiger partial charge in [-0.2, -0.15) is 0 Å². The Bertz CT molecular complexity index is 531. The number of carboxylic acid groups (broad SMARTS) is 1. The van der Waals surface area contributed by atoms with Crippen molar-refractivity contribution in [2.75, 3.05) is 26.7 Å². The molecule has 0 unspecified atom stereocenters. The standard InChI is InChI=1S/C15H20N2O3S/c1-17-7-4-11(5-8-17)10-16-15(20)14-12(6-9-21-14)2-3-13(18)19/h2-3,6,9,11H,4-5,7-8,10H2,1H3,(H,16,20)(H,18,19). The van der Waals surface area contributed by atoms with Gasteiger partial charge in [0.2, 0.25) is 0 Å². The molecule has 0 spiro atoms. The van der Waals surface area contributed by atoms with E-state index in [1.54, 1.807) is 11.4 Å². The quantitative estimate of drug-likeness (QED) is 0.815. The largest absolute Gasteiger partial charge is 0.478 e. The minimum atomic E-state index is -1.01. The third-order valence-electron chi connectivity index (χ3n) is 3.70. The first kappa shape index (κ1) is 15.7. The van der Waals surface area contributed by atoms with Crippen LogP contribution < -0.4 is 5.32 Å². The molecule has 0 atom stereocenters. The molecule has 1 aliphatic rings. The monoisotopic (exact) mass is 308 g/mol. The first-order chi connectivity index (χ1) is 10.1. The predicted octanol–water partition coefficient (Wildman–Crippen LogP) is 1.92. The van der Waals surface area contributed by atoms with Crippen LogP contribution >= 0.6 is 11.3 Å². The summed E-state index contributed by atoms with van der Waals surface area (Å²) >= 11 is 1.33. The normalized spacial score (nSPS) is 17.2. The van der Waals surface area contributed by atoms with Crippen molar-refractivity contribution >= 4 is 29.3 Å². The number of carboxylic acids is 1. The highest BCUT2D eigenvalue weighted by atomic mass is 32.1. The van der Waals surface area contributed by atoms with Gasteiger partial charge in [0.25, 0.3) is 5.91 Å². The molecule has 0 saturated carbocycles. The van der Waals surface area contributed by atoms with Crippen LogP contribution in [0.5, 0.6) is 0 Å². The van der Waals surface area contributed by atoms with Crippen LogP contribution in [-0.4, -0.2) is 48.6 Å². The van der Waals surface area contributed by atoms with Crippen LogP contribution in [-0.2, 0) is 4.79 Å². The maximum Gasteiger partial charge on any atom is 0.328 e. The van der Waals surface area contributed by atoms with Crippen LogP contribution in [0.25, 0.3) is 6.08 Å². The van der Waals surface area contributed by atoms with E-state index < -0.39 is 5.97 Å². The molecule has 1 amide bonds. The summed E-state index contributed by atoms with van der Waals surface area (Å²) in [6, 6.07) is 1.76. The summed E-state index contributed by atoms with van der Waals surface area (Å²) in [4.78, 5) is 25.6. The third-order valence-corrected chi connectivity index (χ3v) is 4.63. The average molecular weight is 308 g/mol. The van der Waals surface area contributed by atoms with Gasteiger partial charge in [0.1, 0.15) is 0 Å². The molecule has 1 aromatic rings. The molecule has 1 aliphatic heterocycles. The number of hydrogen-bond donors (Lipinski definition) is 2. The molecule has 0 radical (unpaired) electrons. The Kier molecular flexibility index (Phi) is 5.52. The summed E-state index contributed by atoms with van der Waals surface area (Å²) in [5, 5.41) is 13.4. The highest BCUT2D eigenvalue weighted by Gasteiger charge is 2.18. The van der Waals surface area contributed by atoms with E-state index in [0.29, 0.717) is 22.9 Å². The van der Waals surface area contributed by atoms with Gasteiger partial charge in [0.05, 0.1) is 4.88 Å². The van der Waals surface area contributed by atoms with Crippen molar-refractivity contribution < 1.29 is 14.7 Å². The number of nitrogens with zero attached hydrogens (tertiary/aromatic N) is 1. The number of amides is 1. The van der Waals surface area contributed by atoms with Gasteiger partial charge in [0, 0.05) is 12.6 Å². The molecule has 6 heteroatoms. The van der Waals surface area contributed by atoms with E-state index in [1.807, 2.05) is 0 Å². The van der Waals surface area contributed by atoms with Crippen LogP contribution in [0.15, 0.2) is 17.5 Å². The van der Waals surface area contributed by atoms with E-state index in [4.69, 9.17) is 5.11 Å². The highest BCUT2D eigenvalue weighted by Crippen LogP contribution is 2.19. The van der Waals surface area contributed by atoms with E-state index >= 15 is 0 Å². The van der Waals surface area contributed by atoms with Gasteiger partial charge in [-0.1, -0.05) is 0 Å². The Balaban J connectivity index is 1.89. The summed E-state index contributed by atoms with van der Waals surface area (Å²) in [5.74, 6) is -0.601. The third kappa shape index (κ3) is 4.68. The molecule has 21 heavy (non-hydrogen) atoms. The molecule has 1 fully saturated rings. The van der Waals surface area contributed by atoms with Crippen LogP contribution in [0.3, 0.4) is 0 Å². The molecule has 0 aliphatic carbocycles. The topological polar surface area (TPSA) is 69.6 Å². The molecule has 0 bridgehead atoms. The van der Waals surface area contributed by atoms with Crippen LogP contribution in [0.1, 0.15) is 28.1 Å². The number of rotatable bonds is 5. The van der Waals surface area contributed by atoms with Gasteiger partial charge in [-0.15, -0.1) is 11.3 Å². The average Bonchev–Trinajstić information content (AvgIpc) is 2.92. The van der Waals surface area contributed by atoms with Crippen molar-refractivity contribution in [3.63, 3.8) is 0 Å². The van der Waals surface area contributed by atoms with E-state index in [9.17, 15) is 9.59 Å². The second-order valence-corrected chi connectivity index (χ2v) is 6.25. The SMILES string of the molecule is CN1CCC(CNC(=O)c2sccc2C=CC(=O)O)CC1. The number of thiophene rings is 1. The molecule has 2 heterocycles. The van der Waals surface area contributed by atoms with Crippen molar-refractivity contribution in [1.82, 2.24) is 10.2 Å². The highest BCUT2D eigenvalue weighted by molar-refractivity contribution is 7.12. The maximum absolute atomic E-state index is 12.2. The first-order valence-corrected chi connectivity index (χ1v) is 7.89. The van der Waals surface area contributed by atoms with E-state index in [-0.39, 0.29) is 5.91 Å². The lowest BCUT2D eigenvalue weighted by molar-refractivity contribution is -0.131. The minimum Gasteiger partial charge on any atom is -0.478 e. The second kappa shape index (κ2) is 7.38. The second-order valence-electron chi connectivity index (χ2n) is 5.33. The molecule has 114 valence electrons. The summed E-state index contributed by atoms with van der Waals surface area (Å²) in [7, 11) is 2.11. The fraction of sp³-hybridized carbons (Fsp3) is 0.467. The van der Waals surface area contributed by atoms with Crippen LogP contribution in [0, 0.1) is 5.92 Å². The Morgan fingerprint density at radius 1 is 1.48 bits per heavy atom. The smallest absolute Gasteiger partial charge is 0.328 e. The molecular formula is C15H20N2O3S. The van der Waals surface area contributed by atoms with Crippen molar-refractivity contribution in [2.45, 2.75) is 12.8 Å². The lowest BCUT2D eigenvalue weighted by atomic mass is 9.97. The predicted molar refractivity (Wildman–Crippen MR) is 83.5 cm³/mol. The van der Waals surface area contributed by atoms with Gasteiger partial charge < -0.3 is 15.3 Å². The lowest BCUT2D eigenvalue weighted by Crippen LogP contribution is -2.36. The summed E-state index contributed by atoms with van der Waals surface area (Å²) in [6.45, 7) is 2.84. The molecule has 1 saturated heterocycles. The first-order valence-electron chi connectivity index (χ1n) is 7.01. The fourth-order valence-corrected chi connectivity index (χ4v) is 3.18. The van der Waals surface area contributed by atoms with E-state index in [1.165, 1.54) is 17.4 Å². The molecular weight excluding hydrogens is 288 g/mol. The Hall–Kier alpha value is -1.66. The summed E-state index contributed by atoms with van der Waals surface area (Å²) in [6.07, 6.45) is 4.72. The summed E-state index contributed by atoms with van der Waals surface area (Å²) in [5.41, 5.74) is 0.656. The Labute approximate surface area is 128 Å². The zero-order chi connectivity index (χ0) is 15.2. The zero-order valence-corrected chi connectivity index (χ0v) is 12.9. The van der Waals surface area contributed by atoms with Crippen molar-refractivity contribution in [2.24, 2.45) is 5.92 Å². The molecule has 1 aromatic heterocycles. The number of nitrogens with one attached hydrogen (secondary N) is 1. The lowest BCUT2D eigenvalue weighted by Gasteiger charge is -2.28. The van der Waals surface area contributed by atoms with E-state index in [0.717, 1.165) is 32.0 Å².